The van der Waals surface area contributed by atoms with Gasteiger partial charge in [0.15, 0.2) is 11.5 Å². The highest BCUT2D eigenvalue weighted by Gasteiger charge is 2.43. The summed E-state index contributed by atoms with van der Waals surface area (Å²) in [6.07, 6.45) is -6.82. The molecule has 17 heavy (non-hydrogen) atoms. The first kappa shape index (κ1) is 12.0. The Hall–Kier alpha value is -1.50. The van der Waals surface area contributed by atoms with Gasteiger partial charge in [-0.05, 0) is 17.7 Å². The second-order valence-corrected chi connectivity index (χ2v) is 3.61. The van der Waals surface area contributed by atoms with E-state index in [1.165, 1.54) is 18.2 Å². The number of hydrogen-bond donors (Lipinski definition) is 1. The molecule has 2 N–H and O–H groups in total. The molecular formula is C10H9F4NO2. The summed E-state index contributed by atoms with van der Waals surface area (Å²) in [6.45, 7) is 0. The molecule has 0 fully saturated rings. The smallest absolute Gasteiger partial charge is 0.395 e. The lowest BCUT2D eigenvalue weighted by atomic mass is 10.0. The Morgan fingerprint density at radius 1 is 1.18 bits per heavy atom. The quantitative estimate of drug-likeness (QED) is 0.840. The van der Waals surface area contributed by atoms with Gasteiger partial charge in [-0.3, -0.25) is 0 Å². The molecule has 1 heterocycles. The number of nitrogens with two attached hydrogens (primary N) is 1. The number of fused-ring (bicyclic) bond motifs is 1. The Bertz CT molecular complexity index is 425. The van der Waals surface area contributed by atoms with Crippen molar-refractivity contribution >= 4 is 0 Å². The molecule has 94 valence electrons. The molecule has 0 radical (unpaired) electrons. The monoisotopic (exact) mass is 251 g/mol. The van der Waals surface area contributed by atoms with Gasteiger partial charge >= 0.3 is 6.29 Å². The average Bonchev–Trinajstić information content (AvgIpc) is 2.48. The molecule has 1 aliphatic heterocycles. The molecule has 3 nitrogen and oxygen atoms in total. The van der Waals surface area contributed by atoms with Crippen LogP contribution in [0.15, 0.2) is 18.2 Å². The number of halogens is 4. The maximum absolute atomic E-state index is 12.7. The fourth-order valence-corrected chi connectivity index (χ4v) is 1.52. The van der Waals surface area contributed by atoms with Crippen LogP contribution in [0.3, 0.4) is 0 Å². The number of hydrogen-bond acceptors (Lipinski definition) is 3. The van der Waals surface area contributed by atoms with E-state index in [-0.39, 0.29) is 11.5 Å². The SMILES string of the molecule is N[C@@H](CC(F)F)c1ccc2c(c1)OC(F)(F)O2. The Kier molecular flexibility index (Phi) is 2.86. The predicted octanol–water partition coefficient (Wildman–Crippen LogP) is 2.66. The van der Waals surface area contributed by atoms with E-state index in [1.807, 2.05) is 0 Å². The molecule has 0 spiro atoms. The maximum atomic E-state index is 12.7. The van der Waals surface area contributed by atoms with Crippen LogP contribution in [-0.4, -0.2) is 12.7 Å². The number of rotatable bonds is 3. The van der Waals surface area contributed by atoms with Gasteiger partial charge in [0.05, 0.1) is 0 Å². The van der Waals surface area contributed by atoms with Gasteiger partial charge in [0.1, 0.15) is 0 Å². The summed E-state index contributed by atoms with van der Waals surface area (Å²) >= 11 is 0. The van der Waals surface area contributed by atoms with Crippen LogP contribution in [0.1, 0.15) is 18.0 Å². The summed E-state index contributed by atoms with van der Waals surface area (Å²) in [5.74, 6) is -0.333. The third-order valence-electron chi connectivity index (χ3n) is 2.29. The second kappa shape index (κ2) is 4.06. The van der Waals surface area contributed by atoms with Crippen molar-refractivity contribution in [3.8, 4) is 11.5 Å². The highest BCUT2D eigenvalue weighted by atomic mass is 19.3. The number of ether oxygens (including phenoxy) is 2. The van der Waals surface area contributed by atoms with Gasteiger partial charge < -0.3 is 15.2 Å². The normalized spacial score (nSPS) is 18.5. The first-order valence-corrected chi connectivity index (χ1v) is 4.81. The number of alkyl halides is 4. The standard InChI is InChI=1S/C10H9F4NO2/c11-9(12)4-6(15)5-1-2-7-8(3-5)17-10(13,14)16-7/h1-3,6,9H,4,15H2/t6-/m0/s1. The molecule has 1 aromatic carbocycles. The van der Waals surface area contributed by atoms with Gasteiger partial charge in [0.2, 0.25) is 6.43 Å². The van der Waals surface area contributed by atoms with Crippen molar-refractivity contribution in [2.45, 2.75) is 25.2 Å². The minimum absolute atomic E-state index is 0.136. The van der Waals surface area contributed by atoms with Crippen molar-refractivity contribution < 1.29 is 27.0 Å². The third-order valence-corrected chi connectivity index (χ3v) is 2.29. The summed E-state index contributed by atoms with van der Waals surface area (Å²) in [4.78, 5) is 0. The minimum Gasteiger partial charge on any atom is -0.395 e. The fourth-order valence-electron chi connectivity index (χ4n) is 1.52. The van der Waals surface area contributed by atoms with E-state index in [9.17, 15) is 17.6 Å². The van der Waals surface area contributed by atoms with Gasteiger partial charge in [-0.1, -0.05) is 6.07 Å². The van der Waals surface area contributed by atoms with Crippen molar-refractivity contribution in [3.05, 3.63) is 23.8 Å². The summed E-state index contributed by atoms with van der Waals surface area (Å²) in [5.41, 5.74) is 5.79. The molecule has 0 unspecified atom stereocenters. The van der Waals surface area contributed by atoms with Crippen LogP contribution in [0.4, 0.5) is 17.6 Å². The van der Waals surface area contributed by atoms with Crippen LogP contribution in [0.25, 0.3) is 0 Å². The molecule has 1 aromatic rings. The highest BCUT2D eigenvalue weighted by Crippen LogP contribution is 2.42. The summed E-state index contributed by atoms with van der Waals surface area (Å²) < 4.78 is 57.9. The molecule has 1 atom stereocenters. The van der Waals surface area contributed by atoms with Crippen LogP contribution in [0.5, 0.6) is 11.5 Å². The summed E-state index contributed by atoms with van der Waals surface area (Å²) in [7, 11) is 0. The Morgan fingerprint density at radius 3 is 2.47 bits per heavy atom. The molecule has 0 saturated carbocycles. The Morgan fingerprint density at radius 2 is 1.82 bits per heavy atom. The molecule has 0 bridgehead atoms. The molecule has 0 saturated heterocycles. The summed E-state index contributed by atoms with van der Waals surface area (Å²) in [5, 5.41) is 0. The van der Waals surface area contributed by atoms with Crippen molar-refractivity contribution in [1.82, 2.24) is 0 Å². The van der Waals surface area contributed by atoms with Crippen molar-refractivity contribution in [2.24, 2.45) is 5.73 Å². The van der Waals surface area contributed by atoms with E-state index < -0.39 is 25.2 Å². The lowest BCUT2D eigenvalue weighted by Gasteiger charge is -2.11. The molecule has 1 aliphatic rings. The maximum Gasteiger partial charge on any atom is 0.586 e. The van der Waals surface area contributed by atoms with Crippen LogP contribution in [0.2, 0.25) is 0 Å². The van der Waals surface area contributed by atoms with Gasteiger partial charge in [-0.15, -0.1) is 8.78 Å². The largest absolute Gasteiger partial charge is 0.586 e. The number of benzene rings is 1. The van der Waals surface area contributed by atoms with Crippen molar-refractivity contribution in [3.63, 3.8) is 0 Å². The van der Waals surface area contributed by atoms with Gasteiger partial charge in [-0.2, -0.15) is 0 Å². The van der Waals surface area contributed by atoms with E-state index in [0.717, 1.165) is 0 Å². The zero-order valence-corrected chi connectivity index (χ0v) is 8.50. The Labute approximate surface area is 94.1 Å². The van der Waals surface area contributed by atoms with Crippen LogP contribution in [0, 0.1) is 0 Å². The van der Waals surface area contributed by atoms with E-state index >= 15 is 0 Å². The fraction of sp³-hybridized carbons (Fsp3) is 0.400. The molecule has 7 heteroatoms. The third kappa shape index (κ3) is 2.60. The van der Waals surface area contributed by atoms with Crippen LogP contribution in [-0.2, 0) is 0 Å². The van der Waals surface area contributed by atoms with Crippen LogP contribution >= 0.6 is 0 Å². The predicted molar refractivity (Wildman–Crippen MR) is 50.2 cm³/mol. The van der Waals surface area contributed by atoms with Gasteiger partial charge in [0, 0.05) is 12.5 Å². The molecule has 0 aromatic heterocycles. The van der Waals surface area contributed by atoms with Crippen molar-refractivity contribution in [1.29, 1.82) is 0 Å². The first-order chi connectivity index (χ1) is 7.87. The minimum atomic E-state index is -3.71. The average molecular weight is 251 g/mol. The highest BCUT2D eigenvalue weighted by molar-refractivity contribution is 5.45. The zero-order valence-electron chi connectivity index (χ0n) is 8.50. The Balaban J connectivity index is 2.19. The van der Waals surface area contributed by atoms with E-state index in [2.05, 4.69) is 9.47 Å². The van der Waals surface area contributed by atoms with Gasteiger partial charge in [-0.25, -0.2) is 8.78 Å². The lowest BCUT2D eigenvalue weighted by Crippen LogP contribution is -2.25. The lowest BCUT2D eigenvalue weighted by molar-refractivity contribution is -0.286. The van der Waals surface area contributed by atoms with Crippen molar-refractivity contribution in [2.75, 3.05) is 0 Å². The second-order valence-electron chi connectivity index (χ2n) is 3.61. The molecule has 0 amide bonds. The first-order valence-electron chi connectivity index (χ1n) is 4.81. The topological polar surface area (TPSA) is 44.5 Å². The molecule has 0 aliphatic carbocycles. The zero-order chi connectivity index (χ0) is 12.6. The van der Waals surface area contributed by atoms with E-state index in [4.69, 9.17) is 5.73 Å². The van der Waals surface area contributed by atoms with Crippen LogP contribution < -0.4 is 15.2 Å². The molecule has 2 rings (SSSR count). The molecular weight excluding hydrogens is 242 g/mol. The van der Waals surface area contributed by atoms with E-state index in [1.54, 1.807) is 0 Å². The summed E-state index contributed by atoms with van der Waals surface area (Å²) in [6, 6.07) is 2.83. The van der Waals surface area contributed by atoms with E-state index in [0.29, 0.717) is 5.56 Å². The van der Waals surface area contributed by atoms with Gasteiger partial charge in [0.25, 0.3) is 0 Å².